The summed E-state index contributed by atoms with van der Waals surface area (Å²) in [5.74, 6) is 1.14. The third-order valence-electron chi connectivity index (χ3n) is 3.06. The molecule has 2 N–H and O–H groups in total. The zero-order valence-electron chi connectivity index (χ0n) is 12.0. The van der Waals surface area contributed by atoms with Crippen LogP contribution in [-0.2, 0) is 0 Å². The number of nitrogens with zero attached hydrogens (tertiary/aromatic N) is 2. The lowest BCUT2D eigenvalue weighted by molar-refractivity contribution is 0.600. The summed E-state index contributed by atoms with van der Waals surface area (Å²) in [5, 5.41) is 6.42. The van der Waals surface area contributed by atoms with E-state index in [1.54, 1.807) is 12.1 Å². The Balaban J connectivity index is 2.18. The molecule has 6 heteroatoms. The molecule has 0 saturated heterocycles. The van der Waals surface area contributed by atoms with Crippen LogP contribution >= 0.6 is 15.9 Å². The van der Waals surface area contributed by atoms with Gasteiger partial charge in [0.05, 0.1) is 6.04 Å². The molecule has 1 aromatic carbocycles. The Morgan fingerprint density at radius 3 is 2.67 bits per heavy atom. The van der Waals surface area contributed by atoms with E-state index in [0.29, 0.717) is 11.4 Å². The SMILES string of the molecule is CCCNc1ncnc(NC(C)c2ccccc2F)c1Br. The van der Waals surface area contributed by atoms with Crippen molar-refractivity contribution in [1.82, 2.24) is 9.97 Å². The van der Waals surface area contributed by atoms with Crippen LogP contribution < -0.4 is 10.6 Å². The Kier molecular flexibility index (Phi) is 5.50. The number of hydrogen-bond acceptors (Lipinski definition) is 4. The van der Waals surface area contributed by atoms with Gasteiger partial charge in [0.15, 0.2) is 0 Å². The molecule has 0 saturated carbocycles. The Hall–Kier alpha value is -1.69. The third kappa shape index (κ3) is 3.91. The topological polar surface area (TPSA) is 49.8 Å². The lowest BCUT2D eigenvalue weighted by atomic mass is 10.1. The minimum atomic E-state index is -0.230. The first-order chi connectivity index (χ1) is 10.1. The van der Waals surface area contributed by atoms with Gasteiger partial charge in [-0.15, -0.1) is 0 Å². The lowest BCUT2D eigenvalue weighted by Crippen LogP contribution is -2.12. The molecular formula is C15H18BrFN4. The van der Waals surface area contributed by atoms with Gasteiger partial charge < -0.3 is 10.6 Å². The molecule has 1 aromatic heterocycles. The van der Waals surface area contributed by atoms with Crippen LogP contribution in [0, 0.1) is 5.82 Å². The Morgan fingerprint density at radius 1 is 1.24 bits per heavy atom. The first kappa shape index (κ1) is 15.7. The molecule has 0 amide bonds. The van der Waals surface area contributed by atoms with Gasteiger partial charge in [-0.2, -0.15) is 0 Å². The molecule has 0 aliphatic heterocycles. The van der Waals surface area contributed by atoms with Crippen molar-refractivity contribution in [3.8, 4) is 0 Å². The zero-order chi connectivity index (χ0) is 15.2. The van der Waals surface area contributed by atoms with Crippen LogP contribution in [0.1, 0.15) is 31.9 Å². The largest absolute Gasteiger partial charge is 0.369 e. The van der Waals surface area contributed by atoms with Crippen LogP contribution in [0.4, 0.5) is 16.0 Å². The predicted molar refractivity (Wildman–Crippen MR) is 87.0 cm³/mol. The number of hydrogen-bond donors (Lipinski definition) is 2. The van der Waals surface area contributed by atoms with E-state index in [4.69, 9.17) is 0 Å². The molecule has 4 nitrogen and oxygen atoms in total. The lowest BCUT2D eigenvalue weighted by Gasteiger charge is -2.17. The van der Waals surface area contributed by atoms with Crippen LogP contribution in [0.5, 0.6) is 0 Å². The van der Waals surface area contributed by atoms with E-state index < -0.39 is 0 Å². The van der Waals surface area contributed by atoms with Crippen LogP contribution in [0.2, 0.25) is 0 Å². The fraction of sp³-hybridized carbons (Fsp3) is 0.333. The van der Waals surface area contributed by atoms with Crippen molar-refractivity contribution < 1.29 is 4.39 Å². The molecule has 0 radical (unpaired) electrons. The maximum Gasteiger partial charge on any atom is 0.146 e. The first-order valence-electron chi connectivity index (χ1n) is 6.88. The van der Waals surface area contributed by atoms with Gasteiger partial charge >= 0.3 is 0 Å². The average Bonchev–Trinajstić information content (AvgIpc) is 2.48. The van der Waals surface area contributed by atoms with Gasteiger partial charge in [0.2, 0.25) is 0 Å². The molecule has 0 fully saturated rings. The van der Waals surface area contributed by atoms with E-state index in [-0.39, 0.29) is 11.9 Å². The molecular weight excluding hydrogens is 335 g/mol. The molecule has 0 aliphatic carbocycles. The molecule has 1 heterocycles. The van der Waals surface area contributed by atoms with E-state index in [9.17, 15) is 4.39 Å². The summed E-state index contributed by atoms with van der Waals surface area (Å²) >= 11 is 3.49. The normalized spacial score (nSPS) is 12.0. The smallest absolute Gasteiger partial charge is 0.146 e. The molecule has 0 spiro atoms. The Bertz CT molecular complexity index is 606. The second kappa shape index (κ2) is 7.36. The predicted octanol–water partition coefficient (Wildman–Crippen LogP) is 4.37. The van der Waals surface area contributed by atoms with Crippen molar-refractivity contribution in [2.75, 3.05) is 17.2 Å². The van der Waals surface area contributed by atoms with Crippen molar-refractivity contribution in [2.45, 2.75) is 26.3 Å². The summed E-state index contributed by atoms with van der Waals surface area (Å²) in [6, 6.07) is 6.52. The molecule has 0 aliphatic rings. The number of nitrogens with one attached hydrogen (secondary N) is 2. The van der Waals surface area contributed by atoms with Crippen LogP contribution in [0.3, 0.4) is 0 Å². The van der Waals surface area contributed by atoms with E-state index in [2.05, 4.69) is 43.5 Å². The summed E-state index contributed by atoms with van der Waals surface area (Å²) in [6.07, 6.45) is 2.49. The van der Waals surface area contributed by atoms with Gasteiger partial charge in [0.1, 0.15) is 28.3 Å². The van der Waals surface area contributed by atoms with Crippen molar-refractivity contribution >= 4 is 27.6 Å². The number of halogens is 2. The van der Waals surface area contributed by atoms with Crippen molar-refractivity contribution in [2.24, 2.45) is 0 Å². The molecule has 1 unspecified atom stereocenters. The maximum absolute atomic E-state index is 13.8. The fourth-order valence-corrected chi connectivity index (χ4v) is 2.41. The molecule has 112 valence electrons. The summed E-state index contributed by atoms with van der Waals surface area (Å²) < 4.78 is 14.5. The number of benzene rings is 1. The summed E-state index contributed by atoms with van der Waals surface area (Å²) in [5.41, 5.74) is 0.603. The molecule has 1 atom stereocenters. The zero-order valence-corrected chi connectivity index (χ0v) is 13.6. The van der Waals surface area contributed by atoms with Crippen LogP contribution in [-0.4, -0.2) is 16.5 Å². The second-order valence-electron chi connectivity index (χ2n) is 4.70. The van der Waals surface area contributed by atoms with Gasteiger partial charge in [-0.3, -0.25) is 0 Å². The summed E-state index contributed by atoms with van der Waals surface area (Å²) in [6.45, 7) is 4.81. The van der Waals surface area contributed by atoms with Crippen LogP contribution in [0.15, 0.2) is 35.1 Å². The van der Waals surface area contributed by atoms with E-state index in [1.807, 2.05) is 13.0 Å². The first-order valence-corrected chi connectivity index (χ1v) is 7.68. The summed E-state index contributed by atoms with van der Waals surface area (Å²) in [4.78, 5) is 8.40. The number of anilines is 2. The van der Waals surface area contributed by atoms with Gasteiger partial charge in [0.25, 0.3) is 0 Å². The van der Waals surface area contributed by atoms with Gasteiger partial charge in [-0.05, 0) is 35.3 Å². The van der Waals surface area contributed by atoms with E-state index in [1.165, 1.54) is 12.4 Å². The third-order valence-corrected chi connectivity index (χ3v) is 3.81. The standard InChI is InChI=1S/C15H18BrFN4/c1-3-8-18-14-13(16)15(20-9-19-14)21-10(2)11-6-4-5-7-12(11)17/h4-7,9-10H,3,8H2,1-2H3,(H2,18,19,20,21). The highest BCUT2D eigenvalue weighted by molar-refractivity contribution is 9.10. The van der Waals surface area contributed by atoms with Crippen LogP contribution in [0.25, 0.3) is 0 Å². The minimum Gasteiger partial charge on any atom is -0.369 e. The quantitative estimate of drug-likeness (QED) is 0.810. The highest BCUT2D eigenvalue weighted by Crippen LogP contribution is 2.29. The highest BCUT2D eigenvalue weighted by Gasteiger charge is 2.14. The van der Waals surface area contributed by atoms with Gasteiger partial charge in [-0.25, -0.2) is 14.4 Å². The summed E-state index contributed by atoms with van der Waals surface area (Å²) in [7, 11) is 0. The van der Waals surface area contributed by atoms with Crippen molar-refractivity contribution in [3.05, 3.63) is 46.4 Å². The molecule has 2 aromatic rings. The van der Waals surface area contributed by atoms with Gasteiger partial charge in [-0.1, -0.05) is 25.1 Å². The Morgan fingerprint density at radius 2 is 1.95 bits per heavy atom. The van der Waals surface area contributed by atoms with Crippen molar-refractivity contribution in [1.29, 1.82) is 0 Å². The van der Waals surface area contributed by atoms with E-state index >= 15 is 0 Å². The van der Waals surface area contributed by atoms with E-state index in [0.717, 1.165) is 23.3 Å². The molecule has 0 bridgehead atoms. The van der Waals surface area contributed by atoms with Gasteiger partial charge in [0, 0.05) is 12.1 Å². The minimum absolute atomic E-state index is 0.198. The number of rotatable bonds is 6. The highest BCUT2D eigenvalue weighted by atomic mass is 79.9. The Labute approximate surface area is 132 Å². The molecule has 21 heavy (non-hydrogen) atoms. The average molecular weight is 353 g/mol. The number of aromatic nitrogens is 2. The monoisotopic (exact) mass is 352 g/mol. The molecule has 2 rings (SSSR count). The maximum atomic E-state index is 13.8. The van der Waals surface area contributed by atoms with Crippen molar-refractivity contribution in [3.63, 3.8) is 0 Å². The second-order valence-corrected chi connectivity index (χ2v) is 5.49. The fourth-order valence-electron chi connectivity index (χ4n) is 1.95.